The molecule has 0 atom stereocenters. The van der Waals surface area contributed by atoms with Gasteiger partial charge >= 0.3 is 0 Å². The summed E-state index contributed by atoms with van der Waals surface area (Å²) in [5, 5.41) is 3.36. The van der Waals surface area contributed by atoms with Crippen molar-refractivity contribution in [3.63, 3.8) is 0 Å². The van der Waals surface area contributed by atoms with Gasteiger partial charge < -0.3 is 9.47 Å². The van der Waals surface area contributed by atoms with Crippen molar-refractivity contribution < 1.29 is 9.47 Å². The predicted molar refractivity (Wildman–Crippen MR) is 107 cm³/mol. The van der Waals surface area contributed by atoms with E-state index in [9.17, 15) is 0 Å². The van der Waals surface area contributed by atoms with Crippen molar-refractivity contribution in [2.45, 2.75) is 51.9 Å². The Balaban J connectivity index is 1.97. The Morgan fingerprint density at radius 3 is 1.75 bits per heavy atom. The van der Waals surface area contributed by atoms with Crippen LogP contribution in [0.25, 0.3) is 10.8 Å². The van der Waals surface area contributed by atoms with Gasteiger partial charge in [-0.3, -0.25) is 0 Å². The molecule has 0 aliphatic carbocycles. The summed E-state index contributed by atoms with van der Waals surface area (Å²) in [5.74, 6) is 1.93. The SMILES string of the molecule is CCCCCCOc1ccc(OCCCCCBr)c2ccccc12. The first kappa shape index (κ1) is 19.1. The Bertz CT molecular complexity index is 545. The predicted octanol–water partition coefficient (Wildman–Crippen LogP) is 6.74. The summed E-state index contributed by atoms with van der Waals surface area (Å²) in [7, 11) is 0. The number of halogens is 1. The minimum absolute atomic E-state index is 0.772. The van der Waals surface area contributed by atoms with E-state index in [4.69, 9.17) is 9.47 Å². The lowest BCUT2D eigenvalue weighted by atomic mass is 10.1. The lowest BCUT2D eigenvalue weighted by Crippen LogP contribution is -2.00. The Morgan fingerprint density at radius 1 is 0.708 bits per heavy atom. The van der Waals surface area contributed by atoms with Crippen LogP contribution in [0.15, 0.2) is 36.4 Å². The fourth-order valence-electron chi connectivity index (χ4n) is 2.76. The molecule has 0 amide bonds. The maximum Gasteiger partial charge on any atom is 0.127 e. The quantitative estimate of drug-likeness (QED) is 0.294. The average molecular weight is 393 g/mol. The summed E-state index contributed by atoms with van der Waals surface area (Å²) in [6, 6.07) is 12.5. The summed E-state index contributed by atoms with van der Waals surface area (Å²) < 4.78 is 12.0. The van der Waals surface area contributed by atoms with Gasteiger partial charge in [0, 0.05) is 16.1 Å². The molecule has 0 aliphatic heterocycles. The molecule has 0 aliphatic rings. The van der Waals surface area contributed by atoms with Gasteiger partial charge in [0.1, 0.15) is 11.5 Å². The number of ether oxygens (including phenoxy) is 2. The highest BCUT2D eigenvalue weighted by Gasteiger charge is 2.07. The Hall–Kier alpha value is -1.22. The molecule has 0 fully saturated rings. The molecule has 0 bridgehead atoms. The second-order valence-electron chi connectivity index (χ2n) is 6.11. The monoisotopic (exact) mass is 392 g/mol. The van der Waals surface area contributed by atoms with E-state index in [1.807, 2.05) is 6.07 Å². The van der Waals surface area contributed by atoms with E-state index in [0.29, 0.717) is 0 Å². The molecule has 132 valence electrons. The number of alkyl halides is 1. The first-order chi connectivity index (χ1) is 11.9. The van der Waals surface area contributed by atoms with Gasteiger partial charge in [0.25, 0.3) is 0 Å². The normalized spacial score (nSPS) is 10.9. The molecule has 0 spiro atoms. The second-order valence-corrected chi connectivity index (χ2v) is 6.91. The van der Waals surface area contributed by atoms with Gasteiger partial charge in [-0.15, -0.1) is 0 Å². The van der Waals surface area contributed by atoms with Crippen LogP contribution < -0.4 is 9.47 Å². The molecule has 2 nitrogen and oxygen atoms in total. The van der Waals surface area contributed by atoms with Crippen molar-refractivity contribution in [1.82, 2.24) is 0 Å². The summed E-state index contributed by atoms with van der Waals surface area (Å²) in [6.45, 7) is 3.79. The number of unbranched alkanes of at least 4 members (excludes halogenated alkanes) is 5. The number of hydrogen-bond donors (Lipinski definition) is 0. The van der Waals surface area contributed by atoms with Crippen LogP contribution in [0.1, 0.15) is 51.9 Å². The lowest BCUT2D eigenvalue weighted by Gasteiger charge is -2.13. The minimum Gasteiger partial charge on any atom is -0.493 e. The molecule has 0 aromatic heterocycles. The molecule has 0 saturated heterocycles. The fraction of sp³-hybridized carbons (Fsp3) is 0.524. The van der Waals surface area contributed by atoms with Gasteiger partial charge in [0.05, 0.1) is 13.2 Å². The summed E-state index contributed by atoms with van der Waals surface area (Å²) in [6.07, 6.45) is 8.39. The van der Waals surface area contributed by atoms with Gasteiger partial charge in [-0.2, -0.15) is 0 Å². The van der Waals surface area contributed by atoms with Gasteiger partial charge in [0.15, 0.2) is 0 Å². The third kappa shape index (κ3) is 6.01. The van der Waals surface area contributed by atoms with Gasteiger partial charge in [-0.05, 0) is 37.8 Å². The molecule has 2 aromatic carbocycles. The van der Waals surface area contributed by atoms with Crippen molar-refractivity contribution in [3.8, 4) is 11.5 Å². The fourth-order valence-corrected chi connectivity index (χ4v) is 3.16. The standard InChI is InChI=1S/C21H29BrO2/c1-2-3-4-9-16-23-20-13-14-21(24-17-10-5-8-15-22)19-12-7-6-11-18(19)20/h6-7,11-14H,2-5,8-10,15-17H2,1H3. The van der Waals surface area contributed by atoms with Crippen LogP contribution in [0.4, 0.5) is 0 Å². The Morgan fingerprint density at radius 2 is 1.25 bits per heavy atom. The van der Waals surface area contributed by atoms with Crippen LogP contribution >= 0.6 is 15.9 Å². The topological polar surface area (TPSA) is 18.5 Å². The Labute approximate surface area is 154 Å². The van der Waals surface area contributed by atoms with Crippen molar-refractivity contribution in [2.75, 3.05) is 18.5 Å². The average Bonchev–Trinajstić information content (AvgIpc) is 2.62. The third-order valence-electron chi connectivity index (χ3n) is 4.14. The first-order valence-electron chi connectivity index (χ1n) is 9.20. The van der Waals surface area contributed by atoms with Crippen molar-refractivity contribution in [3.05, 3.63) is 36.4 Å². The number of hydrogen-bond acceptors (Lipinski definition) is 2. The van der Waals surface area contributed by atoms with Gasteiger partial charge in [0.2, 0.25) is 0 Å². The Kier molecular flexibility index (Phi) is 9.04. The molecule has 2 rings (SSSR count). The van der Waals surface area contributed by atoms with E-state index < -0.39 is 0 Å². The number of fused-ring (bicyclic) bond motifs is 1. The molecule has 0 N–H and O–H groups in total. The van der Waals surface area contributed by atoms with E-state index in [-0.39, 0.29) is 0 Å². The van der Waals surface area contributed by atoms with Crippen LogP contribution in [-0.4, -0.2) is 18.5 Å². The van der Waals surface area contributed by atoms with Gasteiger partial charge in [-0.25, -0.2) is 0 Å². The van der Waals surface area contributed by atoms with Crippen molar-refractivity contribution in [1.29, 1.82) is 0 Å². The highest BCUT2D eigenvalue weighted by molar-refractivity contribution is 9.09. The van der Waals surface area contributed by atoms with E-state index in [0.717, 1.165) is 53.7 Å². The molecule has 0 heterocycles. The third-order valence-corrected chi connectivity index (χ3v) is 4.70. The van der Waals surface area contributed by atoms with Crippen LogP contribution in [0.2, 0.25) is 0 Å². The maximum atomic E-state index is 6.02. The highest BCUT2D eigenvalue weighted by Crippen LogP contribution is 2.33. The second kappa shape index (κ2) is 11.4. The zero-order valence-electron chi connectivity index (χ0n) is 14.7. The smallest absolute Gasteiger partial charge is 0.127 e. The number of rotatable bonds is 12. The minimum atomic E-state index is 0.772. The van der Waals surface area contributed by atoms with Crippen molar-refractivity contribution >= 4 is 26.7 Å². The van der Waals surface area contributed by atoms with Crippen LogP contribution in [0, 0.1) is 0 Å². The number of benzene rings is 2. The first-order valence-corrected chi connectivity index (χ1v) is 10.3. The molecule has 3 heteroatoms. The lowest BCUT2D eigenvalue weighted by molar-refractivity contribution is 0.302. The van der Waals surface area contributed by atoms with Crippen molar-refractivity contribution in [2.24, 2.45) is 0 Å². The summed E-state index contributed by atoms with van der Waals surface area (Å²) >= 11 is 3.47. The largest absolute Gasteiger partial charge is 0.493 e. The zero-order chi connectivity index (χ0) is 17.0. The molecule has 0 unspecified atom stereocenters. The van der Waals surface area contributed by atoms with E-state index >= 15 is 0 Å². The summed E-state index contributed by atoms with van der Waals surface area (Å²) in [5.41, 5.74) is 0. The van der Waals surface area contributed by atoms with E-state index in [1.165, 1.54) is 32.1 Å². The molecule has 24 heavy (non-hydrogen) atoms. The molecule has 2 aromatic rings. The maximum absolute atomic E-state index is 6.02. The highest BCUT2D eigenvalue weighted by atomic mass is 79.9. The van der Waals surface area contributed by atoms with E-state index in [1.54, 1.807) is 0 Å². The van der Waals surface area contributed by atoms with Crippen LogP contribution in [0.3, 0.4) is 0 Å². The van der Waals surface area contributed by atoms with E-state index in [2.05, 4.69) is 53.2 Å². The molecule has 0 radical (unpaired) electrons. The molecular weight excluding hydrogens is 364 g/mol. The zero-order valence-corrected chi connectivity index (χ0v) is 16.3. The van der Waals surface area contributed by atoms with Crippen LogP contribution in [0.5, 0.6) is 11.5 Å². The summed E-state index contributed by atoms with van der Waals surface area (Å²) in [4.78, 5) is 0. The molecule has 0 saturated carbocycles. The van der Waals surface area contributed by atoms with Crippen LogP contribution in [-0.2, 0) is 0 Å². The molecular formula is C21H29BrO2. The van der Waals surface area contributed by atoms with Gasteiger partial charge in [-0.1, -0.05) is 66.4 Å².